The third-order valence-electron chi connectivity index (χ3n) is 4.67. The summed E-state index contributed by atoms with van der Waals surface area (Å²) in [5.74, 6) is 1.94. The molecule has 1 heterocycles. The Morgan fingerprint density at radius 1 is 1.21 bits per heavy atom. The van der Waals surface area contributed by atoms with Crippen LogP contribution in [0.1, 0.15) is 44.9 Å². The molecule has 24 heavy (non-hydrogen) atoms. The zero-order valence-electron chi connectivity index (χ0n) is 14.9. The van der Waals surface area contributed by atoms with Gasteiger partial charge in [0.05, 0.1) is 26.0 Å². The second kappa shape index (κ2) is 7.66. The first kappa shape index (κ1) is 18.3. The Bertz CT molecular complexity index is 686. The molecule has 0 saturated heterocycles. The lowest BCUT2D eigenvalue weighted by Crippen LogP contribution is -2.20. The topological polar surface area (TPSA) is 59.2 Å². The summed E-state index contributed by atoms with van der Waals surface area (Å²) in [5.41, 5.74) is 1.89. The van der Waals surface area contributed by atoms with Crippen LogP contribution in [-0.2, 0) is 5.41 Å². The maximum absolute atomic E-state index is 5.54. The molecule has 5 nitrogen and oxygen atoms in total. The number of benzene rings is 1. The number of H-pyrrole nitrogens is 1. The van der Waals surface area contributed by atoms with E-state index in [1.807, 2.05) is 24.4 Å². The van der Waals surface area contributed by atoms with Gasteiger partial charge in [-0.3, -0.25) is 0 Å². The molecule has 0 fully saturated rings. The number of methoxy groups -OCH3 is 2. The fourth-order valence-electron chi connectivity index (χ4n) is 2.57. The minimum atomic E-state index is 0.0800. The molecule has 2 aromatic rings. The van der Waals surface area contributed by atoms with Gasteiger partial charge in [0.25, 0.3) is 0 Å². The number of rotatable bonds is 7. The minimum Gasteiger partial charge on any atom is -0.496 e. The highest BCUT2D eigenvalue weighted by molar-refractivity contribution is 7.81. The van der Waals surface area contributed by atoms with Crippen molar-refractivity contribution in [3.8, 4) is 11.5 Å². The predicted octanol–water partition coefficient (Wildman–Crippen LogP) is 4.29. The van der Waals surface area contributed by atoms with Crippen LogP contribution in [-0.4, -0.2) is 29.2 Å². The summed E-state index contributed by atoms with van der Waals surface area (Å²) in [5, 5.41) is 3.15. The third-order valence-corrected chi connectivity index (χ3v) is 4.98. The first-order valence-corrected chi connectivity index (χ1v) is 8.47. The zero-order chi connectivity index (χ0) is 17.7. The molecule has 0 saturated carbocycles. The van der Waals surface area contributed by atoms with Crippen molar-refractivity contribution in [3.63, 3.8) is 0 Å². The Hall–Kier alpha value is -2.08. The maximum Gasteiger partial charge on any atom is 0.205 e. The van der Waals surface area contributed by atoms with E-state index < -0.39 is 0 Å². The molecule has 2 N–H and O–H groups in total. The molecule has 0 bridgehead atoms. The van der Waals surface area contributed by atoms with E-state index in [2.05, 4.69) is 36.1 Å². The summed E-state index contributed by atoms with van der Waals surface area (Å²) in [6, 6.07) is 5.57. The summed E-state index contributed by atoms with van der Waals surface area (Å²) in [4.78, 5) is 8.26. The summed E-state index contributed by atoms with van der Waals surface area (Å²) in [6.07, 6.45) is 3.95. The van der Waals surface area contributed by atoms with Crippen LogP contribution in [0.5, 0.6) is 11.5 Å². The molecular formula is C18H25N3O2S. The van der Waals surface area contributed by atoms with Crippen LogP contribution in [0.4, 0.5) is 5.95 Å². The Morgan fingerprint density at radius 3 is 2.29 bits per heavy atom. The minimum absolute atomic E-state index is 0.0800. The van der Waals surface area contributed by atoms with E-state index in [-0.39, 0.29) is 5.41 Å². The summed E-state index contributed by atoms with van der Waals surface area (Å²) in [7, 11) is 3.22. The Morgan fingerprint density at radius 2 is 1.79 bits per heavy atom. The lowest BCUT2D eigenvalue weighted by Gasteiger charge is -2.24. The predicted molar refractivity (Wildman–Crippen MR) is 101 cm³/mol. The molecule has 0 spiro atoms. The molecule has 6 heteroatoms. The fraction of sp³-hybridized carbons (Fsp3) is 0.444. The number of anilines is 1. The van der Waals surface area contributed by atoms with Gasteiger partial charge >= 0.3 is 0 Å². The molecular weight excluding hydrogens is 322 g/mol. The molecule has 0 unspecified atom stereocenters. The van der Waals surface area contributed by atoms with Crippen molar-refractivity contribution in [1.82, 2.24) is 9.97 Å². The first-order chi connectivity index (χ1) is 11.5. The Labute approximate surface area is 148 Å². The number of hydrogen-bond donors (Lipinski definition) is 2. The molecule has 0 amide bonds. The van der Waals surface area contributed by atoms with Gasteiger partial charge in [0.15, 0.2) is 0 Å². The van der Waals surface area contributed by atoms with Gasteiger partial charge in [-0.2, -0.15) is 0 Å². The lowest BCUT2D eigenvalue weighted by molar-refractivity contribution is 0.393. The van der Waals surface area contributed by atoms with Crippen molar-refractivity contribution in [3.05, 3.63) is 35.7 Å². The van der Waals surface area contributed by atoms with Gasteiger partial charge < -0.3 is 19.8 Å². The highest BCUT2D eigenvalue weighted by atomic mass is 32.1. The number of imidazole rings is 1. The highest BCUT2D eigenvalue weighted by Crippen LogP contribution is 2.31. The number of nitrogens with one attached hydrogen (secondary N) is 2. The standard InChI is InChI=1S/C18H25N3O2S/c1-6-18(3,7-2)14-11-19-17(20-14)21-16(24)15-12(22-4)9-8-10-13(15)23-5/h8-11H,6-7H2,1-5H3,(H2,19,20,21,24). The molecule has 0 atom stereocenters. The van der Waals surface area contributed by atoms with Crippen LogP contribution < -0.4 is 14.8 Å². The summed E-state index contributed by atoms with van der Waals surface area (Å²) < 4.78 is 10.8. The van der Waals surface area contributed by atoms with Crippen LogP contribution in [0.25, 0.3) is 0 Å². The number of aromatic nitrogens is 2. The van der Waals surface area contributed by atoms with E-state index in [1.54, 1.807) is 14.2 Å². The number of thiocarbonyl (C=S) groups is 1. The van der Waals surface area contributed by atoms with E-state index in [0.29, 0.717) is 28.0 Å². The van der Waals surface area contributed by atoms with Gasteiger partial charge in [0.1, 0.15) is 16.5 Å². The fourth-order valence-corrected chi connectivity index (χ4v) is 2.87. The summed E-state index contributed by atoms with van der Waals surface area (Å²) in [6.45, 7) is 6.59. The van der Waals surface area contributed by atoms with Crippen molar-refractivity contribution >= 4 is 23.2 Å². The number of hydrogen-bond acceptors (Lipinski definition) is 4. The van der Waals surface area contributed by atoms with Gasteiger partial charge in [0.2, 0.25) is 5.95 Å². The van der Waals surface area contributed by atoms with Crippen molar-refractivity contribution in [2.24, 2.45) is 0 Å². The Kier molecular flexibility index (Phi) is 5.83. The zero-order valence-corrected chi connectivity index (χ0v) is 15.7. The number of nitrogens with zero attached hydrogens (tertiary/aromatic N) is 1. The summed E-state index contributed by atoms with van der Waals surface area (Å²) >= 11 is 5.54. The van der Waals surface area contributed by atoms with E-state index in [0.717, 1.165) is 18.5 Å². The molecule has 130 valence electrons. The van der Waals surface area contributed by atoms with E-state index in [1.165, 1.54) is 0 Å². The van der Waals surface area contributed by atoms with Crippen molar-refractivity contribution in [2.45, 2.75) is 39.0 Å². The largest absolute Gasteiger partial charge is 0.496 e. The van der Waals surface area contributed by atoms with E-state index >= 15 is 0 Å². The van der Waals surface area contributed by atoms with Gasteiger partial charge in [-0.05, 0) is 25.0 Å². The second-order valence-corrected chi connectivity index (χ2v) is 6.31. The lowest BCUT2D eigenvalue weighted by atomic mass is 9.82. The molecule has 1 aromatic carbocycles. The Balaban J connectivity index is 2.27. The van der Waals surface area contributed by atoms with Gasteiger partial charge in [-0.1, -0.05) is 39.1 Å². The third kappa shape index (κ3) is 3.53. The quantitative estimate of drug-likeness (QED) is 0.732. The first-order valence-electron chi connectivity index (χ1n) is 8.06. The molecule has 1 aromatic heterocycles. The molecule has 2 rings (SSSR count). The van der Waals surface area contributed by atoms with Crippen LogP contribution >= 0.6 is 12.2 Å². The van der Waals surface area contributed by atoms with Crippen molar-refractivity contribution in [2.75, 3.05) is 19.5 Å². The van der Waals surface area contributed by atoms with Crippen LogP contribution in [0, 0.1) is 0 Å². The van der Waals surface area contributed by atoms with Crippen molar-refractivity contribution in [1.29, 1.82) is 0 Å². The average Bonchev–Trinajstić information content (AvgIpc) is 3.09. The number of aromatic amines is 1. The smallest absolute Gasteiger partial charge is 0.205 e. The van der Waals surface area contributed by atoms with Gasteiger partial charge in [-0.15, -0.1) is 0 Å². The van der Waals surface area contributed by atoms with Gasteiger partial charge in [-0.25, -0.2) is 4.98 Å². The van der Waals surface area contributed by atoms with Crippen LogP contribution in [0.15, 0.2) is 24.4 Å². The highest BCUT2D eigenvalue weighted by Gasteiger charge is 2.25. The SMILES string of the molecule is CCC(C)(CC)c1cnc(NC(=S)c2c(OC)cccc2OC)[nH]1. The maximum atomic E-state index is 5.54. The van der Waals surface area contributed by atoms with Gasteiger partial charge in [0, 0.05) is 11.1 Å². The molecule has 0 aliphatic rings. The second-order valence-electron chi connectivity index (χ2n) is 5.90. The average molecular weight is 347 g/mol. The van der Waals surface area contributed by atoms with E-state index in [4.69, 9.17) is 21.7 Å². The monoisotopic (exact) mass is 347 g/mol. The molecule has 0 aliphatic heterocycles. The van der Waals surface area contributed by atoms with Crippen LogP contribution in [0.3, 0.4) is 0 Å². The normalized spacial score (nSPS) is 11.2. The van der Waals surface area contributed by atoms with E-state index in [9.17, 15) is 0 Å². The molecule has 0 radical (unpaired) electrons. The molecule has 0 aliphatic carbocycles. The number of ether oxygens (including phenoxy) is 2. The van der Waals surface area contributed by atoms with Crippen LogP contribution in [0.2, 0.25) is 0 Å². The van der Waals surface area contributed by atoms with Crippen molar-refractivity contribution < 1.29 is 9.47 Å².